The Balaban J connectivity index is 1.48. The van der Waals surface area contributed by atoms with E-state index < -0.39 is 27.1 Å². The first-order chi connectivity index (χ1) is 14.8. The van der Waals surface area contributed by atoms with Gasteiger partial charge in [-0.15, -0.1) is 11.3 Å². The zero-order chi connectivity index (χ0) is 21.8. The number of hydrogen-bond acceptors (Lipinski definition) is 7. The molecule has 1 aromatic carbocycles. The van der Waals surface area contributed by atoms with Crippen molar-refractivity contribution in [1.29, 1.82) is 0 Å². The summed E-state index contributed by atoms with van der Waals surface area (Å²) in [5.41, 5.74) is 5.29. The maximum Gasteiger partial charge on any atom is 0.350 e. The molecule has 1 aliphatic heterocycles. The summed E-state index contributed by atoms with van der Waals surface area (Å²) in [5, 5.41) is 2.37. The fourth-order valence-corrected chi connectivity index (χ4v) is 7.07. The number of thiophene rings is 1. The highest BCUT2D eigenvalue weighted by Crippen LogP contribution is 2.51. The van der Waals surface area contributed by atoms with Crippen LogP contribution in [0.4, 0.5) is 0 Å². The molecule has 162 valence electrons. The lowest BCUT2D eigenvalue weighted by atomic mass is 10.1. The number of nitrogens with two attached hydrogens (primary N) is 1. The molecule has 2 N–H and O–H groups in total. The molecule has 0 amide bonds. The van der Waals surface area contributed by atoms with E-state index in [0.29, 0.717) is 23.2 Å². The number of benzene rings is 1. The molecule has 5 rings (SSSR count). The smallest absolute Gasteiger partial charge is 0.350 e. The highest BCUT2D eigenvalue weighted by Gasteiger charge is 2.60. The van der Waals surface area contributed by atoms with Crippen molar-refractivity contribution in [2.45, 2.75) is 42.5 Å². The van der Waals surface area contributed by atoms with Gasteiger partial charge in [-0.1, -0.05) is 12.1 Å². The Hall–Kier alpha value is -2.53. The molecule has 0 radical (unpaired) electrons. The van der Waals surface area contributed by atoms with Crippen molar-refractivity contribution in [3.8, 4) is 0 Å². The minimum atomic E-state index is -3.81. The van der Waals surface area contributed by atoms with E-state index in [0.717, 1.165) is 12.8 Å². The second kappa shape index (κ2) is 7.27. The van der Waals surface area contributed by atoms with Gasteiger partial charge < -0.3 is 10.5 Å². The summed E-state index contributed by atoms with van der Waals surface area (Å²) in [7, 11) is -3.81. The van der Waals surface area contributed by atoms with Crippen LogP contribution in [0.3, 0.4) is 0 Å². The molecule has 1 atom stereocenters. The summed E-state index contributed by atoms with van der Waals surface area (Å²) in [6.07, 6.45) is 3.61. The van der Waals surface area contributed by atoms with Gasteiger partial charge in [-0.05, 0) is 48.9 Å². The number of rotatable bonds is 5. The molecule has 8 nitrogen and oxygen atoms in total. The van der Waals surface area contributed by atoms with Crippen LogP contribution < -0.4 is 11.3 Å². The summed E-state index contributed by atoms with van der Waals surface area (Å²) >= 11 is 1.25. The molecule has 2 fully saturated rings. The molecule has 1 spiro atoms. The molecule has 0 bridgehead atoms. The number of carbonyl (C=O) groups excluding carboxylic acids is 1. The van der Waals surface area contributed by atoms with Crippen molar-refractivity contribution in [3.63, 3.8) is 0 Å². The summed E-state index contributed by atoms with van der Waals surface area (Å²) in [4.78, 5) is 25.6. The molecule has 2 aromatic heterocycles. The van der Waals surface area contributed by atoms with Crippen LogP contribution in [-0.4, -0.2) is 41.4 Å². The Bertz CT molecular complexity index is 1330. The number of carbonyl (C=O) groups is 1. The normalized spacial score (nSPS) is 20.4. The lowest BCUT2D eigenvalue weighted by Gasteiger charge is -2.26. The second-order valence-corrected chi connectivity index (χ2v) is 10.7. The van der Waals surface area contributed by atoms with Gasteiger partial charge in [-0.3, -0.25) is 9.36 Å². The van der Waals surface area contributed by atoms with Gasteiger partial charge in [0.05, 0.1) is 10.4 Å². The van der Waals surface area contributed by atoms with Gasteiger partial charge in [0.1, 0.15) is 4.88 Å². The van der Waals surface area contributed by atoms with E-state index in [4.69, 9.17) is 10.5 Å². The van der Waals surface area contributed by atoms with Crippen molar-refractivity contribution in [2.24, 2.45) is 5.73 Å². The molecule has 0 unspecified atom stereocenters. The summed E-state index contributed by atoms with van der Waals surface area (Å²) in [6.45, 7) is 0.127. The van der Waals surface area contributed by atoms with Crippen molar-refractivity contribution in [3.05, 3.63) is 63.2 Å². The van der Waals surface area contributed by atoms with Crippen LogP contribution >= 0.6 is 11.3 Å². The van der Waals surface area contributed by atoms with Crippen LogP contribution in [0.1, 0.15) is 28.9 Å². The summed E-state index contributed by atoms with van der Waals surface area (Å²) in [5.74, 6) is -0.515. The molecule has 2 aliphatic rings. The molecular weight excluding hydrogens is 438 g/mol. The highest BCUT2D eigenvalue weighted by atomic mass is 32.2. The van der Waals surface area contributed by atoms with E-state index in [2.05, 4.69) is 0 Å². The van der Waals surface area contributed by atoms with E-state index >= 15 is 0 Å². The number of esters is 1. The van der Waals surface area contributed by atoms with Crippen molar-refractivity contribution in [1.82, 2.24) is 8.87 Å². The van der Waals surface area contributed by atoms with Crippen LogP contribution in [0, 0.1) is 0 Å². The number of aromatic nitrogens is 1. The largest absolute Gasteiger partial charge is 0.440 e. The quantitative estimate of drug-likeness (QED) is 0.585. The van der Waals surface area contributed by atoms with Crippen LogP contribution in [0.2, 0.25) is 0 Å². The van der Waals surface area contributed by atoms with E-state index in [1.807, 2.05) is 0 Å². The van der Waals surface area contributed by atoms with Crippen LogP contribution in [0.25, 0.3) is 10.8 Å². The van der Waals surface area contributed by atoms with Gasteiger partial charge in [0.2, 0.25) is 10.0 Å². The molecular formula is C21H21N3O5S2. The summed E-state index contributed by atoms with van der Waals surface area (Å²) in [6, 6.07) is 9.48. The number of pyridine rings is 1. The fraction of sp³-hybridized carbons (Fsp3) is 0.333. The van der Waals surface area contributed by atoms with Crippen molar-refractivity contribution >= 4 is 38.1 Å². The lowest BCUT2D eigenvalue weighted by molar-refractivity contribution is 0.0373. The van der Waals surface area contributed by atoms with E-state index in [1.54, 1.807) is 35.7 Å². The van der Waals surface area contributed by atoms with Gasteiger partial charge in [-0.25, -0.2) is 13.2 Å². The minimum absolute atomic E-state index is 0.102. The topological polar surface area (TPSA) is 112 Å². The lowest BCUT2D eigenvalue weighted by Crippen LogP contribution is -2.44. The van der Waals surface area contributed by atoms with Gasteiger partial charge >= 0.3 is 5.97 Å². The minimum Gasteiger partial charge on any atom is -0.440 e. The first-order valence-electron chi connectivity index (χ1n) is 9.96. The predicted octanol–water partition coefficient (Wildman–Crippen LogP) is 2.13. The Labute approximate surface area is 182 Å². The van der Waals surface area contributed by atoms with Crippen molar-refractivity contribution in [2.75, 3.05) is 6.54 Å². The van der Waals surface area contributed by atoms with Gasteiger partial charge in [-0.2, -0.15) is 4.31 Å². The third-order valence-corrected chi connectivity index (χ3v) is 9.08. The van der Waals surface area contributed by atoms with Crippen LogP contribution in [0.5, 0.6) is 0 Å². The standard InChI is InChI=1S/C21H21N3O5S2/c22-18-7-11-24(21(18)8-9-21)31(27,28)17-5-1-3-15-14(17)6-10-23(19(15)25)13-29-20(26)16-4-2-12-30-16/h1-6,10,12,18H,7-9,11,13,22H2/t18-/m1/s1. The molecule has 1 aliphatic carbocycles. The zero-order valence-electron chi connectivity index (χ0n) is 16.6. The van der Waals surface area contributed by atoms with E-state index in [1.165, 1.54) is 32.5 Å². The Kier molecular flexibility index (Phi) is 4.78. The Morgan fingerprint density at radius 2 is 2.00 bits per heavy atom. The number of ether oxygens (including phenoxy) is 1. The fourth-order valence-electron chi connectivity index (χ4n) is 4.37. The van der Waals surface area contributed by atoms with E-state index in [-0.39, 0.29) is 23.1 Å². The van der Waals surface area contributed by atoms with Crippen LogP contribution in [-0.2, 0) is 21.5 Å². The van der Waals surface area contributed by atoms with Gasteiger partial charge in [0.25, 0.3) is 5.56 Å². The number of nitrogens with zero attached hydrogens (tertiary/aromatic N) is 2. The molecule has 3 aromatic rings. The first-order valence-corrected chi connectivity index (χ1v) is 12.3. The summed E-state index contributed by atoms with van der Waals surface area (Å²) < 4.78 is 35.0. The van der Waals surface area contributed by atoms with Crippen LogP contribution in [0.15, 0.2) is 57.7 Å². The monoisotopic (exact) mass is 459 g/mol. The number of fused-ring (bicyclic) bond motifs is 1. The maximum atomic E-state index is 13.5. The number of sulfonamides is 1. The third kappa shape index (κ3) is 3.21. The molecule has 1 saturated carbocycles. The molecule has 3 heterocycles. The highest BCUT2D eigenvalue weighted by molar-refractivity contribution is 7.89. The molecule has 10 heteroatoms. The SMILES string of the molecule is N[C@@H]1CCN(S(=O)(=O)c2cccc3c(=O)n(COC(=O)c4cccs4)ccc23)C12CC2. The van der Waals surface area contributed by atoms with Gasteiger partial charge in [0, 0.05) is 29.6 Å². The third-order valence-electron chi connectivity index (χ3n) is 6.20. The van der Waals surface area contributed by atoms with E-state index in [9.17, 15) is 18.0 Å². The average molecular weight is 460 g/mol. The van der Waals surface area contributed by atoms with Crippen molar-refractivity contribution < 1.29 is 17.9 Å². The average Bonchev–Trinajstić information content (AvgIpc) is 3.21. The first kappa shape index (κ1) is 20.4. The molecule has 1 saturated heterocycles. The predicted molar refractivity (Wildman–Crippen MR) is 116 cm³/mol. The maximum absolute atomic E-state index is 13.5. The Morgan fingerprint density at radius 1 is 1.19 bits per heavy atom. The number of hydrogen-bond donors (Lipinski definition) is 1. The molecule has 31 heavy (non-hydrogen) atoms. The second-order valence-electron chi connectivity index (χ2n) is 7.92. The zero-order valence-corrected chi connectivity index (χ0v) is 18.2. The Morgan fingerprint density at radius 3 is 2.71 bits per heavy atom. The van der Waals surface area contributed by atoms with Gasteiger partial charge in [0.15, 0.2) is 6.73 Å².